The number of carbonyl (C=O) groups is 2. The number of nitrogens with one attached hydrogen (secondary N) is 3. The summed E-state index contributed by atoms with van der Waals surface area (Å²) in [6.45, 7) is 9.72. The molecule has 0 saturated heterocycles. The van der Waals surface area contributed by atoms with Crippen molar-refractivity contribution in [1.29, 1.82) is 5.26 Å². The Morgan fingerprint density at radius 2 is 1.88 bits per heavy atom. The molecule has 2 aromatic rings. The van der Waals surface area contributed by atoms with E-state index in [1.807, 2.05) is 37.3 Å². The molecule has 1 aromatic heterocycles. The van der Waals surface area contributed by atoms with Crippen molar-refractivity contribution in [2.45, 2.75) is 64.5 Å². The zero-order valence-corrected chi connectivity index (χ0v) is 25.4. The van der Waals surface area contributed by atoms with Gasteiger partial charge in [0, 0.05) is 49.7 Å². The Morgan fingerprint density at radius 1 is 1.20 bits per heavy atom. The standard InChI is InChI=1S/C31H44N8O2/c1-8-15-33-28-26(20-34-30(37-28)36-24-13-11-22(19-32)12-14-24)31(3,4)23-17-25(18-23)35-29(41)21(2)39(7)27(40)10-9-16-38(5)6/h9-14,20-21,23,25H,8,15-18H2,1-7H3,(H,35,41)(H2,33,34,36,37)/b10-9+/t21-,23-,25+/m0/s1. The lowest BCUT2D eigenvalue weighted by Gasteiger charge is -2.46. The second kappa shape index (κ2) is 14.1. The Labute approximate surface area is 244 Å². The SMILES string of the molecule is CCCNc1nc(Nc2ccc(C#N)cc2)ncc1C(C)(C)[C@H]1C[C@@H](NC(=O)[C@H](C)N(C)C(=O)/C=C/CN(C)C)C1. The molecule has 0 radical (unpaired) electrons. The molecule has 1 heterocycles. The first-order valence-corrected chi connectivity index (χ1v) is 14.2. The smallest absolute Gasteiger partial charge is 0.246 e. The molecule has 0 bridgehead atoms. The summed E-state index contributed by atoms with van der Waals surface area (Å²) in [7, 11) is 5.52. The predicted molar refractivity (Wildman–Crippen MR) is 163 cm³/mol. The van der Waals surface area contributed by atoms with Crippen LogP contribution in [0.15, 0.2) is 42.6 Å². The highest BCUT2D eigenvalue weighted by Gasteiger charge is 2.43. The van der Waals surface area contributed by atoms with Crippen molar-refractivity contribution in [3.63, 3.8) is 0 Å². The minimum Gasteiger partial charge on any atom is -0.370 e. The fourth-order valence-corrected chi connectivity index (χ4v) is 4.76. The number of benzene rings is 1. The number of amides is 2. The van der Waals surface area contributed by atoms with Crippen molar-refractivity contribution in [3.8, 4) is 6.07 Å². The molecule has 0 unspecified atom stereocenters. The highest BCUT2D eigenvalue weighted by Crippen LogP contribution is 2.45. The summed E-state index contributed by atoms with van der Waals surface area (Å²) in [5.74, 6) is 1.28. The first-order chi connectivity index (χ1) is 19.5. The zero-order valence-electron chi connectivity index (χ0n) is 25.4. The van der Waals surface area contributed by atoms with Crippen LogP contribution in [-0.4, -0.2) is 77.9 Å². The van der Waals surface area contributed by atoms with Crippen LogP contribution in [0.2, 0.25) is 0 Å². The molecule has 220 valence electrons. The van der Waals surface area contributed by atoms with E-state index in [2.05, 4.69) is 47.8 Å². The van der Waals surface area contributed by atoms with Gasteiger partial charge in [-0.15, -0.1) is 0 Å². The minimum absolute atomic E-state index is 0.0623. The predicted octanol–water partition coefficient (Wildman–Crippen LogP) is 4.05. The molecule has 41 heavy (non-hydrogen) atoms. The number of nitrogens with zero attached hydrogens (tertiary/aromatic N) is 5. The van der Waals surface area contributed by atoms with Crippen molar-refractivity contribution in [1.82, 2.24) is 25.1 Å². The van der Waals surface area contributed by atoms with Crippen LogP contribution in [0.3, 0.4) is 0 Å². The maximum Gasteiger partial charge on any atom is 0.246 e. The van der Waals surface area contributed by atoms with Crippen LogP contribution in [0.5, 0.6) is 0 Å². The van der Waals surface area contributed by atoms with Crippen LogP contribution >= 0.6 is 0 Å². The Balaban J connectivity index is 1.63. The van der Waals surface area contributed by atoms with E-state index in [0.717, 1.165) is 42.9 Å². The Hall–Kier alpha value is -3.97. The van der Waals surface area contributed by atoms with Crippen molar-refractivity contribution in [2.75, 3.05) is 44.9 Å². The lowest BCUT2D eigenvalue weighted by molar-refractivity contribution is -0.136. The van der Waals surface area contributed by atoms with E-state index in [1.54, 1.807) is 32.2 Å². The summed E-state index contributed by atoms with van der Waals surface area (Å²) >= 11 is 0. The normalized spacial score (nSPS) is 17.4. The van der Waals surface area contributed by atoms with Gasteiger partial charge >= 0.3 is 0 Å². The molecule has 0 aliphatic heterocycles. The first-order valence-electron chi connectivity index (χ1n) is 14.2. The average Bonchev–Trinajstić information content (AvgIpc) is 2.92. The number of hydrogen-bond donors (Lipinski definition) is 3. The largest absolute Gasteiger partial charge is 0.370 e. The molecule has 3 rings (SSSR count). The van der Waals surface area contributed by atoms with E-state index in [0.29, 0.717) is 24.0 Å². The molecule has 1 aliphatic carbocycles. The lowest BCUT2D eigenvalue weighted by Crippen LogP contribution is -2.54. The fourth-order valence-electron chi connectivity index (χ4n) is 4.76. The summed E-state index contributed by atoms with van der Waals surface area (Å²) < 4.78 is 0. The maximum atomic E-state index is 12.9. The second-order valence-electron chi connectivity index (χ2n) is 11.6. The van der Waals surface area contributed by atoms with Gasteiger partial charge in [0.2, 0.25) is 17.8 Å². The van der Waals surface area contributed by atoms with E-state index in [1.165, 1.54) is 11.0 Å². The Bertz CT molecular complexity index is 1260. The third-order valence-electron chi connectivity index (χ3n) is 7.84. The fraction of sp³-hybridized carbons (Fsp3) is 0.516. The highest BCUT2D eigenvalue weighted by molar-refractivity contribution is 5.92. The van der Waals surface area contributed by atoms with Gasteiger partial charge in [-0.25, -0.2) is 4.98 Å². The van der Waals surface area contributed by atoms with Crippen molar-refractivity contribution < 1.29 is 9.59 Å². The molecule has 1 atom stereocenters. The van der Waals surface area contributed by atoms with Crippen molar-refractivity contribution >= 4 is 29.3 Å². The summed E-state index contributed by atoms with van der Waals surface area (Å²) in [6.07, 6.45) is 7.83. The van der Waals surface area contributed by atoms with Crippen LogP contribution in [0.1, 0.15) is 58.1 Å². The lowest BCUT2D eigenvalue weighted by atomic mass is 9.62. The minimum atomic E-state index is -0.562. The summed E-state index contributed by atoms with van der Waals surface area (Å²) in [5.41, 5.74) is 2.21. The van der Waals surface area contributed by atoms with Gasteiger partial charge in [-0.1, -0.05) is 26.8 Å². The third-order valence-corrected chi connectivity index (χ3v) is 7.84. The summed E-state index contributed by atoms with van der Waals surface area (Å²) in [4.78, 5) is 38.2. The van der Waals surface area contributed by atoms with Gasteiger partial charge in [0.15, 0.2) is 0 Å². The van der Waals surface area contributed by atoms with Gasteiger partial charge in [0.05, 0.1) is 11.6 Å². The number of hydrogen-bond acceptors (Lipinski definition) is 8. The average molecular weight is 561 g/mol. The highest BCUT2D eigenvalue weighted by atomic mass is 16.2. The van der Waals surface area contributed by atoms with Crippen LogP contribution in [-0.2, 0) is 15.0 Å². The van der Waals surface area contributed by atoms with Gasteiger partial charge in [-0.3, -0.25) is 9.59 Å². The van der Waals surface area contributed by atoms with Crippen LogP contribution in [0.25, 0.3) is 0 Å². The van der Waals surface area contributed by atoms with Crippen molar-refractivity contribution in [3.05, 3.63) is 53.7 Å². The molecule has 1 aromatic carbocycles. The van der Waals surface area contributed by atoms with E-state index in [9.17, 15) is 9.59 Å². The van der Waals surface area contributed by atoms with E-state index < -0.39 is 6.04 Å². The van der Waals surface area contributed by atoms with Crippen LogP contribution < -0.4 is 16.0 Å². The second-order valence-corrected chi connectivity index (χ2v) is 11.6. The Morgan fingerprint density at radius 3 is 2.49 bits per heavy atom. The van der Waals surface area contributed by atoms with E-state index >= 15 is 0 Å². The van der Waals surface area contributed by atoms with Gasteiger partial charge in [0.25, 0.3) is 0 Å². The molecule has 10 heteroatoms. The molecule has 0 spiro atoms. The number of likely N-dealkylation sites (N-methyl/N-ethyl adjacent to an activating group) is 2. The number of anilines is 3. The monoisotopic (exact) mass is 560 g/mol. The Kier molecular flexibility index (Phi) is 10.8. The third kappa shape index (κ3) is 8.27. The van der Waals surface area contributed by atoms with Gasteiger partial charge < -0.3 is 25.8 Å². The van der Waals surface area contributed by atoms with Crippen LogP contribution in [0, 0.1) is 17.2 Å². The van der Waals surface area contributed by atoms with Gasteiger partial charge in [0.1, 0.15) is 11.9 Å². The number of nitriles is 1. The molecule has 3 N–H and O–H groups in total. The number of carbonyl (C=O) groups excluding carboxylic acids is 2. The molecule has 10 nitrogen and oxygen atoms in total. The molecule has 1 saturated carbocycles. The van der Waals surface area contributed by atoms with Crippen LogP contribution in [0.4, 0.5) is 17.5 Å². The topological polar surface area (TPSA) is 126 Å². The first kappa shape index (κ1) is 31.6. The van der Waals surface area contributed by atoms with E-state index in [4.69, 9.17) is 10.2 Å². The molecule has 2 amide bonds. The van der Waals surface area contributed by atoms with Crippen molar-refractivity contribution in [2.24, 2.45) is 5.92 Å². The molecule has 1 aliphatic rings. The maximum absolute atomic E-state index is 12.9. The number of aromatic nitrogens is 2. The van der Waals surface area contributed by atoms with E-state index in [-0.39, 0.29) is 23.3 Å². The summed E-state index contributed by atoms with van der Waals surface area (Å²) in [5, 5.41) is 18.9. The quantitative estimate of drug-likeness (QED) is 0.313. The molecular formula is C31H44N8O2. The van der Waals surface area contributed by atoms with Gasteiger partial charge in [-0.05, 0) is 75.9 Å². The molecular weight excluding hydrogens is 516 g/mol. The molecule has 1 fully saturated rings. The summed E-state index contributed by atoms with van der Waals surface area (Å²) in [6, 6.07) is 8.79. The number of rotatable bonds is 13. The zero-order chi connectivity index (χ0) is 30.2. The van der Waals surface area contributed by atoms with Gasteiger partial charge in [-0.2, -0.15) is 10.2 Å².